The summed E-state index contributed by atoms with van der Waals surface area (Å²) >= 11 is 0. The van der Waals surface area contributed by atoms with Crippen LogP contribution in [0.4, 0.5) is 10.1 Å². The van der Waals surface area contributed by atoms with Crippen molar-refractivity contribution in [3.63, 3.8) is 0 Å². The fourth-order valence-corrected chi connectivity index (χ4v) is 7.54. The fourth-order valence-electron chi connectivity index (χ4n) is 6.11. The Morgan fingerprint density at radius 1 is 0.816 bits per heavy atom. The molecule has 11 heteroatoms. The molecule has 4 aromatic carbocycles. The van der Waals surface area contributed by atoms with Gasteiger partial charge in [-0.2, -0.15) is 0 Å². The van der Waals surface area contributed by atoms with Crippen LogP contribution in [0.25, 0.3) is 0 Å². The molecule has 0 aliphatic heterocycles. The summed E-state index contributed by atoms with van der Waals surface area (Å²) in [5, 5.41) is 3.18. The number of anilines is 1. The van der Waals surface area contributed by atoms with Crippen molar-refractivity contribution in [2.75, 3.05) is 25.1 Å². The molecule has 0 saturated heterocycles. The first-order valence-corrected chi connectivity index (χ1v) is 17.8. The monoisotopic (exact) mass is 687 g/mol. The van der Waals surface area contributed by atoms with Crippen LogP contribution >= 0.6 is 0 Å². The number of hydrogen-bond donors (Lipinski definition) is 1. The number of amides is 2. The number of methoxy groups -OCH3 is 2. The molecule has 1 N–H and O–H groups in total. The number of sulfonamides is 1. The smallest absolute Gasteiger partial charge is 0.264 e. The lowest BCUT2D eigenvalue weighted by molar-refractivity contribution is -0.140. The van der Waals surface area contributed by atoms with Crippen LogP contribution in [0, 0.1) is 5.82 Å². The Kier molecular flexibility index (Phi) is 11.9. The standard InChI is InChI=1S/C38H42FN3O6S/c1-47-35-23-22-32(25-36(35)48-2)42(49(45,46)33-16-10-5-11-17-33)27-37(43)41(26-29-18-20-30(39)21-19-29)34(24-28-12-6-3-7-13-28)38(44)40-31-14-8-4-9-15-31/h3,5-7,10-13,16-23,25,31,34H,4,8-9,14-15,24,26-27H2,1-2H3,(H,40,44)/t34-/m0/s1. The molecule has 0 bridgehead atoms. The summed E-state index contributed by atoms with van der Waals surface area (Å²) in [4.78, 5) is 30.3. The Labute approximate surface area is 287 Å². The number of rotatable bonds is 14. The van der Waals surface area contributed by atoms with Crippen LogP contribution in [0.2, 0.25) is 0 Å². The van der Waals surface area contributed by atoms with E-state index >= 15 is 0 Å². The highest BCUT2D eigenvalue weighted by Crippen LogP contribution is 2.34. The Morgan fingerprint density at radius 3 is 2.08 bits per heavy atom. The fraction of sp³-hybridized carbons (Fsp3) is 0.316. The van der Waals surface area contributed by atoms with Gasteiger partial charge in [-0.1, -0.05) is 79.9 Å². The number of benzene rings is 4. The molecule has 2 amide bonds. The van der Waals surface area contributed by atoms with E-state index < -0.39 is 34.3 Å². The Hall–Kier alpha value is -4.90. The number of nitrogens with one attached hydrogen (secondary N) is 1. The quantitative estimate of drug-likeness (QED) is 0.171. The number of ether oxygens (including phenoxy) is 2. The Balaban J connectivity index is 1.58. The summed E-state index contributed by atoms with van der Waals surface area (Å²) in [5.74, 6) is -0.716. The van der Waals surface area contributed by atoms with Gasteiger partial charge in [0.15, 0.2) is 11.5 Å². The Morgan fingerprint density at radius 2 is 1.45 bits per heavy atom. The molecule has 1 saturated carbocycles. The van der Waals surface area contributed by atoms with Crippen molar-refractivity contribution < 1.29 is 31.9 Å². The maximum Gasteiger partial charge on any atom is 0.264 e. The molecule has 1 aliphatic rings. The van der Waals surface area contributed by atoms with Crippen molar-refractivity contribution in [2.24, 2.45) is 0 Å². The van der Waals surface area contributed by atoms with Crippen LogP contribution in [0.3, 0.4) is 0 Å². The zero-order chi connectivity index (χ0) is 34.8. The van der Waals surface area contributed by atoms with Gasteiger partial charge < -0.3 is 19.7 Å². The van der Waals surface area contributed by atoms with Crippen molar-refractivity contribution in [1.82, 2.24) is 10.2 Å². The molecule has 49 heavy (non-hydrogen) atoms. The lowest BCUT2D eigenvalue weighted by atomic mass is 9.94. The van der Waals surface area contributed by atoms with Crippen LogP contribution in [-0.4, -0.2) is 58.0 Å². The highest BCUT2D eigenvalue weighted by atomic mass is 32.2. The summed E-state index contributed by atoms with van der Waals surface area (Å²) in [7, 11) is -1.39. The van der Waals surface area contributed by atoms with Crippen LogP contribution in [-0.2, 0) is 32.6 Å². The van der Waals surface area contributed by atoms with E-state index in [4.69, 9.17) is 9.47 Å². The lowest BCUT2D eigenvalue weighted by Crippen LogP contribution is -2.55. The molecule has 1 aliphatic carbocycles. The van der Waals surface area contributed by atoms with Crippen LogP contribution < -0.4 is 19.1 Å². The Bertz CT molecular complexity index is 1800. The molecule has 4 aromatic rings. The van der Waals surface area contributed by atoms with Crippen LogP contribution in [0.1, 0.15) is 43.2 Å². The van der Waals surface area contributed by atoms with E-state index in [1.807, 2.05) is 30.3 Å². The second-order valence-corrected chi connectivity index (χ2v) is 13.9. The van der Waals surface area contributed by atoms with Gasteiger partial charge in [-0.05, 0) is 60.4 Å². The van der Waals surface area contributed by atoms with E-state index in [1.165, 1.54) is 55.5 Å². The number of hydrogen-bond acceptors (Lipinski definition) is 6. The molecule has 0 spiro atoms. The van der Waals surface area contributed by atoms with E-state index in [1.54, 1.807) is 36.4 Å². The third kappa shape index (κ3) is 8.97. The second kappa shape index (κ2) is 16.5. The van der Waals surface area contributed by atoms with Crippen molar-refractivity contribution in [2.45, 2.75) is 62.0 Å². The molecular formula is C38H42FN3O6S. The van der Waals surface area contributed by atoms with Gasteiger partial charge in [-0.3, -0.25) is 13.9 Å². The lowest BCUT2D eigenvalue weighted by Gasteiger charge is -2.35. The van der Waals surface area contributed by atoms with Gasteiger partial charge in [0.1, 0.15) is 18.4 Å². The van der Waals surface area contributed by atoms with Crippen molar-refractivity contribution in [1.29, 1.82) is 0 Å². The second-order valence-electron chi connectivity index (χ2n) is 12.1. The van der Waals surface area contributed by atoms with Gasteiger partial charge in [-0.25, -0.2) is 12.8 Å². The van der Waals surface area contributed by atoms with Crippen LogP contribution in [0.15, 0.2) is 108 Å². The van der Waals surface area contributed by atoms with Gasteiger partial charge in [0.2, 0.25) is 11.8 Å². The average molecular weight is 688 g/mol. The number of carbonyl (C=O) groups excluding carboxylic acids is 2. The van der Waals surface area contributed by atoms with Gasteiger partial charge in [0.05, 0.1) is 24.8 Å². The SMILES string of the molecule is COc1ccc(N(CC(=O)N(Cc2ccc(F)cc2)[C@@H](Cc2ccccc2)C(=O)NC2CCCCC2)S(=O)(=O)c2ccccc2)cc1OC. The molecule has 5 rings (SSSR count). The first-order chi connectivity index (χ1) is 23.7. The topological polar surface area (TPSA) is 105 Å². The van der Waals surface area contributed by atoms with Crippen LogP contribution in [0.5, 0.6) is 11.5 Å². The maximum atomic E-state index is 14.7. The van der Waals surface area contributed by atoms with Crippen molar-refractivity contribution in [3.8, 4) is 11.5 Å². The maximum absolute atomic E-state index is 14.7. The zero-order valence-corrected chi connectivity index (χ0v) is 28.6. The minimum absolute atomic E-state index is 0.0152. The van der Waals surface area contributed by atoms with Gasteiger partial charge in [0, 0.05) is 25.1 Å². The van der Waals surface area contributed by atoms with E-state index in [2.05, 4.69) is 5.32 Å². The molecule has 0 aromatic heterocycles. The number of carbonyl (C=O) groups is 2. The summed E-state index contributed by atoms with van der Waals surface area (Å²) in [6, 6.07) is 26.5. The average Bonchev–Trinajstić information content (AvgIpc) is 3.13. The highest BCUT2D eigenvalue weighted by Gasteiger charge is 2.35. The largest absolute Gasteiger partial charge is 0.493 e. The molecule has 258 valence electrons. The molecule has 1 fully saturated rings. The van der Waals surface area contributed by atoms with E-state index in [0.29, 0.717) is 11.3 Å². The summed E-state index contributed by atoms with van der Waals surface area (Å²) in [6.45, 7) is -0.685. The number of nitrogens with zero attached hydrogens (tertiary/aromatic N) is 2. The minimum Gasteiger partial charge on any atom is -0.493 e. The molecule has 9 nitrogen and oxygen atoms in total. The molecule has 0 heterocycles. The highest BCUT2D eigenvalue weighted by molar-refractivity contribution is 7.92. The van der Waals surface area contributed by atoms with Gasteiger partial charge in [0.25, 0.3) is 10.0 Å². The third-order valence-electron chi connectivity index (χ3n) is 8.75. The predicted molar refractivity (Wildman–Crippen MR) is 186 cm³/mol. The van der Waals surface area contributed by atoms with E-state index in [9.17, 15) is 22.4 Å². The number of halogens is 1. The zero-order valence-electron chi connectivity index (χ0n) is 27.8. The van der Waals surface area contributed by atoms with Gasteiger partial charge in [-0.15, -0.1) is 0 Å². The predicted octanol–water partition coefficient (Wildman–Crippen LogP) is 6.13. The first-order valence-electron chi connectivity index (χ1n) is 16.4. The summed E-state index contributed by atoms with van der Waals surface area (Å²) < 4.78 is 54.3. The first kappa shape index (κ1) is 35.4. The molecule has 0 unspecified atom stereocenters. The molecule has 1 atom stereocenters. The van der Waals surface area contributed by atoms with E-state index in [-0.39, 0.29) is 41.2 Å². The van der Waals surface area contributed by atoms with Crippen molar-refractivity contribution in [3.05, 3.63) is 120 Å². The molecule has 0 radical (unpaired) electrons. The van der Waals surface area contributed by atoms with Crippen molar-refractivity contribution >= 4 is 27.5 Å². The normalized spacial score (nSPS) is 14.0. The third-order valence-corrected chi connectivity index (χ3v) is 10.5. The summed E-state index contributed by atoms with van der Waals surface area (Å²) in [6.07, 6.45) is 5.00. The summed E-state index contributed by atoms with van der Waals surface area (Å²) in [5.41, 5.74) is 1.58. The van der Waals surface area contributed by atoms with E-state index in [0.717, 1.165) is 42.0 Å². The van der Waals surface area contributed by atoms with Gasteiger partial charge >= 0.3 is 0 Å². The molecular weight excluding hydrogens is 645 g/mol. The minimum atomic E-state index is -4.29.